The van der Waals surface area contributed by atoms with E-state index < -0.39 is 41.7 Å². The Kier molecular flexibility index (Phi) is 19.6. The van der Waals surface area contributed by atoms with Crippen molar-refractivity contribution < 1.29 is 51.9 Å². The average Bonchev–Trinajstić information content (AvgIpc) is 3.20. The van der Waals surface area contributed by atoms with Crippen molar-refractivity contribution in [2.24, 2.45) is 33.7 Å². The number of rotatable bonds is 9. The summed E-state index contributed by atoms with van der Waals surface area (Å²) in [7, 11) is 29.6. The van der Waals surface area contributed by atoms with Gasteiger partial charge in [0.25, 0.3) is 0 Å². The molecule has 12 heteroatoms. The van der Waals surface area contributed by atoms with E-state index in [4.69, 9.17) is 39.0 Å². The fourth-order valence-electron chi connectivity index (χ4n) is 9.41. The van der Waals surface area contributed by atoms with Crippen LogP contribution in [0.3, 0.4) is 0 Å². The first-order valence-corrected chi connectivity index (χ1v) is 32.8. The topological polar surface area (TPSA) is 71.7 Å². The van der Waals surface area contributed by atoms with Crippen LogP contribution in [0.1, 0.15) is 93.2 Å². The van der Waals surface area contributed by atoms with Gasteiger partial charge in [-0.1, -0.05) is 88.4 Å². The molecule has 4 aromatic carbocycles. The quantitative estimate of drug-likeness (QED) is 0.164. The molecule has 8 rings (SSSR count). The van der Waals surface area contributed by atoms with Gasteiger partial charge in [-0.05, 0) is 91.2 Å². The van der Waals surface area contributed by atoms with E-state index in [1.165, 1.54) is 43.2 Å². The second-order valence-electron chi connectivity index (χ2n) is 17.4. The molecular formula is C47H60Cl4N4O2Zr2. The van der Waals surface area contributed by atoms with Gasteiger partial charge in [-0.3, -0.25) is 9.98 Å². The molecule has 6 nitrogen and oxygen atoms in total. The van der Waals surface area contributed by atoms with Gasteiger partial charge in [0.15, 0.2) is 0 Å². The molecule has 0 aromatic heterocycles. The molecule has 0 amide bonds. The first kappa shape index (κ1) is 50.0. The molecule has 4 aromatic rings. The standard InChI is InChI=1S/C28H36N2O.C19H24N2O.4ClH.2Zr/c1-28(2,23-8-6-5-7-9-23)25-16-24(30(3)4)15-22(27(25)31)17-29-26-20-11-18-10-19(13-20)14-21(26)12-18;1-19(2,15-9-7-6-8-10-15)17-12-16(21(4)5)11-14(13-20-3)18(17)22;;;;;;/h5-9,15-21,26,31H,10-14H2,1-4H3;6-13,22H,1-5H3;4*1H;;/q;;;;;;2*+2/p-4. The zero-order valence-electron chi connectivity index (χ0n) is 35.9. The fourth-order valence-corrected chi connectivity index (χ4v) is 9.41. The molecule has 4 saturated carbocycles. The van der Waals surface area contributed by atoms with Crippen LogP contribution >= 0.6 is 34.1 Å². The van der Waals surface area contributed by atoms with Gasteiger partial charge >= 0.3 is 75.7 Å². The summed E-state index contributed by atoms with van der Waals surface area (Å²) >= 11 is -1.65. The monoisotopic (exact) mass is 1030 g/mol. The number of phenols is 2. The van der Waals surface area contributed by atoms with Crippen molar-refractivity contribution in [3.8, 4) is 11.5 Å². The average molecular weight is 1040 g/mol. The molecule has 2 N–H and O–H groups in total. The number of anilines is 2. The minimum absolute atomic E-state index is 0.296. The van der Waals surface area contributed by atoms with Crippen LogP contribution in [0.2, 0.25) is 0 Å². The van der Waals surface area contributed by atoms with Crippen LogP contribution in [-0.2, 0) is 52.5 Å². The van der Waals surface area contributed by atoms with E-state index in [2.05, 4.69) is 106 Å². The second-order valence-corrected chi connectivity index (χ2v) is 24.8. The van der Waals surface area contributed by atoms with Crippen LogP contribution in [0, 0.1) is 23.7 Å². The van der Waals surface area contributed by atoms with Crippen molar-refractivity contribution in [2.75, 3.05) is 45.0 Å². The van der Waals surface area contributed by atoms with Crippen molar-refractivity contribution >= 4 is 57.9 Å². The van der Waals surface area contributed by atoms with E-state index in [0.29, 0.717) is 17.5 Å². The molecule has 316 valence electrons. The second kappa shape index (κ2) is 23.2. The summed E-state index contributed by atoms with van der Waals surface area (Å²) in [5.74, 6) is 4.09. The Labute approximate surface area is 391 Å². The number of aromatic hydroxyl groups is 2. The number of aliphatic imine (C=N–C) groups is 2. The van der Waals surface area contributed by atoms with Gasteiger partial charge in [-0.15, -0.1) is 0 Å². The Morgan fingerprint density at radius 1 is 0.593 bits per heavy atom. The summed E-state index contributed by atoms with van der Waals surface area (Å²) < 4.78 is 0. The molecule has 0 saturated heterocycles. The third-order valence-corrected chi connectivity index (χ3v) is 12.4. The van der Waals surface area contributed by atoms with Crippen molar-refractivity contribution in [2.45, 2.75) is 76.7 Å². The molecule has 59 heavy (non-hydrogen) atoms. The summed E-state index contributed by atoms with van der Waals surface area (Å²) in [6.45, 7) is 8.64. The SMILES string of the molecule is CN(C)c1cc(C=NC2C3CC4CC(C3)CC2C4)c(O)c(C(C)(C)c2ccccc2)c1.CN=Cc1cc(N(C)C)cc(C(C)(C)c2ccccc2)c1O.[Cl][Zr][Cl].[Cl][Zr][Cl]. The van der Waals surface area contributed by atoms with Crippen LogP contribution < -0.4 is 9.80 Å². The Morgan fingerprint density at radius 3 is 1.29 bits per heavy atom. The normalized spacial score (nSPS) is 20.5. The molecule has 4 aliphatic rings. The summed E-state index contributed by atoms with van der Waals surface area (Å²) in [5.41, 5.74) is 7.36. The fraction of sp³-hybridized carbons (Fsp3) is 0.447. The molecule has 0 atom stereocenters. The third-order valence-electron chi connectivity index (χ3n) is 12.4. The molecule has 0 heterocycles. The molecular weight excluding hydrogens is 977 g/mol. The van der Waals surface area contributed by atoms with E-state index >= 15 is 0 Å². The first-order valence-electron chi connectivity index (χ1n) is 20.1. The zero-order chi connectivity index (χ0) is 43.5. The maximum atomic E-state index is 11.4. The maximum absolute atomic E-state index is 11.4. The number of phenolic OH excluding ortho intramolecular Hbond substituents is 2. The van der Waals surface area contributed by atoms with Crippen LogP contribution in [0.5, 0.6) is 11.5 Å². The molecule has 4 bridgehead atoms. The van der Waals surface area contributed by atoms with Crippen molar-refractivity contribution in [1.29, 1.82) is 0 Å². The van der Waals surface area contributed by atoms with Crippen molar-refractivity contribution in [3.63, 3.8) is 0 Å². The summed E-state index contributed by atoms with van der Waals surface area (Å²) in [6, 6.07) is 29.4. The summed E-state index contributed by atoms with van der Waals surface area (Å²) in [5, 5.41) is 22.1. The van der Waals surface area contributed by atoms with E-state index in [-0.39, 0.29) is 10.8 Å². The molecule has 0 aliphatic heterocycles. The van der Waals surface area contributed by atoms with Crippen LogP contribution in [-0.4, -0.2) is 63.9 Å². The van der Waals surface area contributed by atoms with E-state index in [9.17, 15) is 10.2 Å². The van der Waals surface area contributed by atoms with Crippen LogP contribution in [0.15, 0.2) is 94.9 Å². The number of nitrogens with zero attached hydrogens (tertiary/aromatic N) is 4. The van der Waals surface area contributed by atoms with E-state index in [1.807, 2.05) is 55.5 Å². The minimum atomic E-state index is -0.826. The zero-order valence-corrected chi connectivity index (χ0v) is 43.8. The number of benzene rings is 4. The first-order chi connectivity index (χ1) is 28.0. The van der Waals surface area contributed by atoms with Gasteiger partial charge in [0.2, 0.25) is 0 Å². The molecule has 0 spiro atoms. The Balaban J connectivity index is 0.000000241. The number of halogens is 4. The van der Waals surface area contributed by atoms with Gasteiger partial charge in [0, 0.05) is 92.1 Å². The Bertz CT molecular complexity index is 1970. The van der Waals surface area contributed by atoms with E-state index in [0.717, 1.165) is 57.3 Å². The molecule has 0 unspecified atom stereocenters. The predicted molar refractivity (Wildman–Crippen MR) is 247 cm³/mol. The Morgan fingerprint density at radius 2 is 0.949 bits per heavy atom. The van der Waals surface area contributed by atoms with Gasteiger partial charge in [-0.25, -0.2) is 0 Å². The Hall–Kier alpha value is -1.65. The summed E-state index contributed by atoms with van der Waals surface area (Å²) in [6.07, 6.45) is 10.6. The summed E-state index contributed by atoms with van der Waals surface area (Å²) in [4.78, 5) is 13.4. The molecule has 0 radical (unpaired) electrons. The van der Waals surface area contributed by atoms with Gasteiger partial charge in [0.05, 0.1) is 6.04 Å². The van der Waals surface area contributed by atoms with Gasteiger partial charge in [0.1, 0.15) is 11.5 Å². The van der Waals surface area contributed by atoms with Crippen LogP contribution in [0.25, 0.3) is 0 Å². The molecule has 4 aliphatic carbocycles. The number of hydrogen-bond acceptors (Lipinski definition) is 6. The molecule has 4 fully saturated rings. The van der Waals surface area contributed by atoms with Gasteiger partial charge < -0.3 is 20.0 Å². The van der Waals surface area contributed by atoms with E-state index in [1.54, 1.807) is 13.3 Å². The van der Waals surface area contributed by atoms with Crippen molar-refractivity contribution in [3.05, 3.63) is 118 Å². The third kappa shape index (κ3) is 12.7. The number of hydrogen-bond donors (Lipinski definition) is 2. The van der Waals surface area contributed by atoms with Crippen molar-refractivity contribution in [1.82, 2.24) is 0 Å². The predicted octanol–water partition coefficient (Wildman–Crippen LogP) is 12.6. The van der Waals surface area contributed by atoms with Crippen LogP contribution in [0.4, 0.5) is 11.4 Å². The van der Waals surface area contributed by atoms with Gasteiger partial charge in [-0.2, -0.15) is 0 Å².